The van der Waals surface area contributed by atoms with E-state index in [1.54, 1.807) is 0 Å². The zero-order valence-electron chi connectivity index (χ0n) is 25.9. The molecule has 0 saturated carbocycles. The largest absolute Gasteiger partial charge is 0.491 e. The Morgan fingerprint density at radius 1 is 0.587 bits per heavy atom. The van der Waals surface area contributed by atoms with Gasteiger partial charge in [-0.25, -0.2) is 4.79 Å². The molecule has 4 aromatic rings. The zero-order valence-corrected chi connectivity index (χ0v) is 25.9. The van der Waals surface area contributed by atoms with Crippen molar-refractivity contribution in [2.75, 3.05) is 52.9 Å². The van der Waals surface area contributed by atoms with Crippen LogP contribution in [0.1, 0.15) is 29.2 Å². The Kier molecular flexibility index (Phi) is 11.2. The van der Waals surface area contributed by atoms with Crippen molar-refractivity contribution >= 4 is 11.9 Å². The normalized spacial score (nSPS) is 12.5. The predicted octanol–water partition coefficient (Wildman–Crippen LogP) is 6.13. The molecule has 238 valence electrons. The van der Waals surface area contributed by atoms with Crippen molar-refractivity contribution in [2.45, 2.75) is 12.3 Å². The van der Waals surface area contributed by atoms with Crippen LogP contribution in [0.15, 0.2) is 110 Å². The van der Waals surface area contributed by atoms with E-state index in [1.165, 1.54) is 29.2 Å². The molecule has 1 aliphatic carbocycles. The Morgan fingerprint density at radius 2 is 1.02 bits per heavy atom. The number of carbonyl (C=O) groups excluding carboxylic acids is 2. The average Bonchev–Trinajstić information content (AvgIpc) is 3.39. The lowest BCUT2D eigenvalue weighted by molar-refractivity contribution is -0.142. The zero-order chi connectivity index (χ0) is 32.2. The smallest absolute Gasteiger partial charge is 0.330 e. The fourth-order valence-corrected chi connectivity index (χ4v) is 5.77. The monoisotopic (exact) mass is 622 g/mol. The van der Waals surface area contributed by atoms with Gasteiger partial charge in [0.15, 0.2) is 0 Å². The molecule has 0 atom stereocenters. The quantitative estimate of drug-likeness (QED) is 0.0695. The van der Waals surface area contributed by atoms with E-state index < -0.39 is 11.4 Å². The second kappa shape index (κ2) is 15.9. The van der Waals surface area contributed by atoms with Gasteiger partial charge in [-0.3, -0.25) is 4.79 Å². The van der Waals surface area contributed by atoms with Crippen molar-refractivity contribution in [2.24, 2.45) is 0 Å². The van der Waals surface area contributed by atoms with Crippen molar-refractivity contribution in [3.63, 3.8) is 0 Å². The van der Waals surface area contributed by atoms with Gasteiger partial charge < -0.3 is 28.4 Å². The van der Waals surface area contributed by atoms with Gasteiger partial charge in [-0.15, -0.1) is 0 Å². The summed E-state index contributed by atoms with van der Waals surface area (Å²) in [6.07, 6.45) is 1.13. The molecule has 1 aliphatic rings. The molecule has 0 radical (unpaired) electrons. The first kappa shape index (κ1) is 32.5. The summed E-state index contributed by atoms with van der Waals surface area (Å²) in [5.41, 5.74) is 6.54. The molecule has 0 aromatic heterocycles. The minimum atomic E-state index is -0.546. The van der Waals surface area contributed by atoms with E-state index in [4.69, 9.17) is 28.4 Å². The van der Waals surface area contributed by atoms with E-state index in [0.29, 0.717) is 39.6 Å². The summed E-state index contributed by atoms with van der Waals surface area (Å²) in [6.45, 7) is 7.27. The number of carbonyl (C=O) groups is 2. The lowest BCUT2D eigenvalue weighted by Gasteiger charge is -2.34. The number of hydrogen-bond acceptors (Lipinski definition) is 8. The first-order chi connectivity index (χ1) is 22.5. The Balaban J connectivity index is 1.32. The van der Waals surface area contributed by atoms with Gasteiger partial charge in [-0.05, 0) is 57.6 Å². The van der Waals surface area contributed by atoms with E-state index in [9.17, 15) is 9.59 Å². The maximum absolute atomic E-state index is 11.1. The van der Waals surface area contributed by atoms with Gasteiger partial charge in [0.2, 0.25) is 0 Å². The fraction of sp³-hybridized carbons (Fsp3) is 0.263. The minimum absolute atomic E-state index is 0.172. The molecule has 4 aromatic carbocycles. The van der Waals surface area contributed by atoms with Gasteiger partial charge in [0.25, 0.3) is 0 Å². The molecular formula is C38H38O8. The number of rotatable bonds is 17. The standard InChI is InChI=1S/C38H38O8/c1-3-37(40)46-27-23-42-22-26-45-32-18-14-30(15-19-32)38(35-10-6-4-8-33(35)34-9-5-7-11-36(34)38)29-12-16-31(17-13-29)44-25-21-41-20-24-43-28(2)39/h3-19H,1,20-27H2,2H3. The van der Waals surface area contributed by atoms with Crippen molar-refractivity contribution < 1.29 is 38.0 Å². The van der Waals surface area contributed by atoms with E-state index in [1.807, 2.05) is 24.3 Å². The van der Waals surface area contributed by atoms with Gasteiger partial charge in [0.1, 0.15) is 37.9 Å². The molecule has 8 heteroatoms. The Labute approximate surface area is 269 Å². The van der Waals surface area contributed by atoms with E-state index in [2.05, 4.69) is 79.4 Å². The van der Waals surface area contributed by atoms with Gasteiger partial charge in [0.05, 0.1) is 31.8 Å². The van der Waals surface area contributed by atoms with E-state index in [0.717, 1.165) is 28.7 Å². The molecule has 46 heavy (non-hydrogen) atoms. The van der Waals surface area contributed by atoms with Crippen LogP contribution in [0.5, 0.6) is 11.5 Å². The summed E-state index contributed by atoms with van der Waals surface area (Å²) < 4.78 is 32.7. The molecule has 0 N–H and O–H groups in total. The van der Waals surface area contributed by atoms with Crippen LogP contribution in [0.4, 0.5) is 0 Å². The summed E-state index contributed by atoms with van der Waals surface area (Å²) in [5.74, 6) is 0.690. The Morgan fingerprint density at radius 3 is 1.48 bits per heavy atom. The Bertz CT molecular complexity index is 1570. The average molecular weight is 623 g/mol. The van der Waals surface area contributed by atoms with Crippen molar-refractivity contribution in [1.29, 1.82) is 0 Å². The SMILES string of the molecule is C=CC(=O)OCCOCCOc1ccc(C2(c3ccc(OCCOCCOC(C)=O)cc3)c3ccccc3-c3ccccc32)cc1. The third-order valence-electron chi connectivity index (χ3n) is 7.69. The minimum Gasteiger partial charge on any atom is -0.491 e. The molecule has 0 fully saturated rings. The van der Waals surface area contributed by atoms with Crippen LogP contribution in [-0.2, 0) is 34.0 Å². The third kappa shape index (κ3) is 7.47. The van der Waals surface area contributed by atoms with Crippen molar-refractivity contribution in [3.8, 4) is 22.6 Å². The fourth-order valence-electron chi connectivity index (χ4n) is 5.77. The molecular weight excluding hydrogens is 584 g/mol. The van der Waals surface area contributed by atoms with Gasteiger partial charge >= 0.3 is 11.9 Å². The maximum atomic E-state index is 11.1. The van der Waals surface area contributed by atoms with Crippen molar-refractivity contribution in [1.82, 2.24) is 0 Å². The van der Waals surface area contributed by atoms with Crippen molar-refractivity contribution in [3.05, 3.63) is 132 Å². The van der Waals surface area contributed by atoms with E-state index in [-0.39, 0.29) is 19.2 Å². The number of esters is 2. The summed E-state index contributed by atoms with van der Waals surface area (Å²) in [4.78, 5) is 22.0. The predicted molar refractivity (Wildman–Crippen MR) is 174 cm³/mol. The lowest BCUT2D eigenvalue weighted by atomic mass is 9.68. The molecule has 0 spiro atoms. The van der Waals surface area contributed by atoms with Gasteiger partial charge in [0, 0.05) is 13.0 Å². The van der Waals surface area contributed by atoms with Crippen LogP contribution in [0, 0.1) is 0 Å². The summed E-state index contributed by atoms with van der Waals surface area (Å²) in [7, 11) is 0. The topological polar surface area (TPSA) is 89.5 Å². The summed E-state index contributed by atoms with van der Waals surface area (Å²) >= 11 is 0. The highest BCUT2D eigenvalue weighted by Crippen LogP contribution is 2.56. The lowest BCUT2D eigenvalue weighted by Crippen LogP contribution is -2.28. The molecule has 0 aliphatic heterocycles. The summed E-state index contributed by atoms with van der Waals surface area (Å²) in [5, 5.41) is 0. The highest BCUT2D eigenvalue weighted by atomic mass is 16.6. The number of ether oxygens (including phenoxy) is 6. The Hall–Kier alpha value is -4.92. The number of fused-ring (bicyclic) bond motifs is 3. The van der Waals surface area contributed by atoms with E-state index >= 15 is 0 Å². The van der Waals surface area contributed by atoms with Crippen LogP contribution in [-0.4, -0.2) is 64.8 Å². The molecule has 0 bridgehead atoms. The molecule has 0 heterocycles. The number of benzene rings is 4. The molecule has 0 amide bonds. The van der Waals surface area contributed by atoms with Gasteiger partial charge in [-0.2, -0.15) is 0 Å². The molecule has 5 rings (SSSR count). The second-order valence-electron chi connectivity index (χ2n) is 10.5. The molecule has 0 unspecified atom stereocenters. The highest BCUT2D eigenvalue weighted by Gasteiger charge is 2.45. The van der Waals surface area contributed by atoms with Crippen LogP contribution in [0.2, 0.25) is 0 Å². The molecule has 0 saturated heterocycles. The van der Waals surface area contributed by atoms with Crippen LogP contribution in [0.25, 0.3) is 11.1 Å². The second-order valence-corrected chi connectivity index (χ2v) is 10.5. The summed E-state index contributed by atoms with van der Waals surface area (Å²) in [6, 6.07) is 33.6. The first-order valence-corrected chi connectivity index (χ1v) is 15.3. The highest BCUT2D eigenvalue weighted by molar-refractivity contribution is 5.86. The van der Waals surface area contributed by atoms with Crippen LogP contribution >= 0.6 is 0 Å². The third-order valence-corrected chi connectivity index (χ3v) is 7.69. The number of hydrogen-bond donors (Lipinski definition) is 0. The molecule has 8 nitrogen and oxygen atoms in total. The maximum Gasteiger partial charge on any atom is 0.330 e. The van der Waals surface area contributed by atoms with Crippen LogP contribution in [0.3, 0.4) is 0 Å². The van der Waals surface area contributed by atoms with Gasteiger partial charge in [-0.1, -0.05) is 79.4 Å². The first-order valence-electron chi connectivity index (χ1n) is 15.3. The van der Waals surface area contributed by atoms with Crippen LogP contribution < -0.4 is 9.47 Å².